The maximum Gasteiger partial charge on any atom is 0.264 e. The topological polar surface area (TPSA) is 101 Å². The molecule has 6 N–H and O–H groups in total. The predicted molar refractivity (Wildman–Crippen MR) is 56.5 cm³/mol. The third-order valence-electron chi connectivity index (χ3n) is 2.13. The number of hydrazine groups is 1. The Labute approximate surface area is 88.0 Å². The van der Waals surface area contributed by atoms with Crippen LogP contribution in [-0.2, 0) is 11.2 Å². The number of aliphatic hydroxyl groups excluding tert-OH is 1. The summed E-state index contributed by atoms with van der Waals surface area (Å²) >= 11 is 0. The fraction of sp³-hybridized carbons (Fsp3) is 0.300. The average molecular weight is 209 g/mol. The van der Waals surface area contributed by atoms with Gasteiger partial charge in [0.25, 0.3) is 5.91 Å². The van der Waals surface area contributed by atoms with Crippen molar-refractivity contribution in [2.75, 3.05) is 0 Å². The maximum absolute atomic E-state index is 11.0. The number of nitrogens with one attached hydrogen (secondary N) is 1. The first-order chi connectivity index (χ1) is 7.15. The first kappa shape index (κ1) is 11.6. The van der Waals surface area contributed by atoms with Crippen molar-refractivity contribution in [2.24, 2.45) is 11.6 Å². The molecule has 0 saturated heterocycles. The quantitative estimate of drug-likeness (QED) is 0.287. The molecular formula is C10H15N3O2. The Bertz CT molecular complexity index is 316. The maximum atomic E-state index is 11.0. The third kappa shape index (κ3) is 3.32. The number of rotatable bonds is 4. The SMILES string of the molecule is NNC(=O)C(O)C(N)Cc1ccccc1. The van der Waals surface area contributed by atoms with Gasteiger partial charge in [-0.2, -0.15) is 0 Å². The lowest BCUT2D eigenvalue weighted by atomic mass is 10.0. The lowest BCUT2D eigenvalue weighted by Crippen LogP contribution is -2.49. The summed E-state index contributed by atoms with van der Waals surface area (Å²) in [7, 11) is 0. The molecule has 5 heteroatoms. The number of carbonyl (C=O) groups excluding carboxylic acids is 1. The minimum atomic E-state index is -1.28. The van der Waals surface area contributed by atoms with Crippen LogP contribution in [0, 0.1) is 0 Å². The first-order valence-corrected chi connectivity index (χ1v) is 4.63. The zero-order chi connectivity index (χ0) is 11.3. The van der Waals surface area contributed by atoms with Crippen molar-refractivity contribution >= 4 is 5.91 Å². The average Bonchev–Trinajstić information content (AvgIpc) is 2.28. The summed E-state index contributed by atoms with van der Waals surface area (Å²) in [5.41, 5.74) is 8.49. The summed E-state index contributed by atoms with van der Waals surface area (Å²) in [6.45, 7) is 0. The summed E-state index contributed by atoms with van der Waals surface area (Å²) in [4.78, 5) is 11.0. The zero-order valence-corrected chi connectivity index (χ0v) is 8.26. The number of benzene rings is 1. The molecule has 0 fully saturated rings. The molecule has 15 heavy (non-hydrogen) atoms. The highest BCUT2D eigenvalue weighted by Crippen LogP contribution is 2.04. The van der Waals surface area contributed by atoms with E-state index in [1.54, 1.807) is 0 Å². The van der Waals surface area contributed by atoms with Crippen molar-refractivity contribution in [3.8, 4) is 0 Å². The van der Waals surface area contributed by atoms with Gasteiger partial charge in [-0.25, -0.2) is 5.84 Å². The molecule has 0 aliphatic heterocycles. The Morgan fingerprint density at radius 3 is 2.53 bits per heavy atom. The van der Waals surface area contributed by atoms with Gasteiger partial charge in [0.15, 0.2) is 0 Å². The number of hydrogen-bond acceptors (Lipinski definition) is 4. The Morgan fingerprint density at radius 1 is 1.40 bits per heavy atom. The van der Waals surface area contributed by atoms with Crippen molar-refractivity contribution in [1.82, 2.24) is 5.43 Å². The van der Waals surface area contributed by atoms with Gasteiger partial charge >= 0.3 is 0 Å². The van der Waals surface area contributed by atoms with Crippen molar-refractivity contribution in [3.63, 3.8) is 0 Å². The molecule has 0 saturated carbocycles. The summed E-state index contributed by atoms with van der Waals surface area (Å²) in [5, 5.41) is 9.43. The van der Waals surface area contributed by atoms with Crippen LogP contribution in [0.5, 0.6) is 0 Å². The molecule has 2 unspecified atom stereocenters. The summed E-state index contributed by atoms with van der Waals surface area (Å²) in [6, 6.07) is 8.74. The molecule has 0 spiro atoms. The number of hydrogen-bond donors (Lipinski definition) is 4. The van der Waals surface area contributed by atoms with Gasteiger partial charge < -0.3 is 10.8 Å². The molecule has 1 aromatic carbocycles. The molecule has 0 aliphatic carbocycles. The van der Waals surface area contributed by atoms with Crippen LogP contribution in [-0.4, -0.2) is 23.2 Å². The highest BCUT2D eigenvalue weighted by atomic mass is 16.3. The van der Waals surface area contributed by atoms with Crippen molar-refractivity contribution in [3.05, 3.63) is 35.9 Å². The molecule has 1 amide bonds. The molecule has 2 atom stereocenters. The van der Waals surface area contributed by atoms with Crippen molar-refractivity contribution < 1.29 is 9.90 Å². The van der Waals surface area contributed by atoms with Crippen molar-refractivity contribution in [2.45, 2.75) is 18.6 Å². The lowest BCUT2D eigenvalue weighted by molar-refractivity contribution is -0.130. The van der Waals surface area contributed by atoms with Crippen LogP contribution in [0.2, 0.25) is 0 Å². The number of amides is 1. The second-order valence-electron chi connectivity index (χ2n) is 3.31. The van der Waals surface area contributed by atoms with Gasteiger partial charge in [-0.1, -0.05) is 30.3 Å². The van der Waals surface area contributed by atoms with Crippen LogP contribution in [0.25, 0.3) is 0 Å². The predicted octanol–water partition coefficient (Wildman–Crippen LogP) is -1.09. The van der Waals surface area contributed by atoms with Crippen LogP contribution in [0.3, 0.4) is 0 Å². The zero-order valence-electron chi connectivity index (χ0n) is 8.26. The van der Waals surface area contributed by atoms with Crippen LogP contribution in [0.4, 0.5) is 0 Å². The highest BCUT2D eigenvalue weighted by Gasteiger charge is 2.21. The van der Waals surface area contributed by atoms with Gasteiger partial charge in [-0.15, -0.1) is 0 Å². The Morgan fingerprint density at radius 2 is 2.00 bits per heavy atom. The van der Waals surface area contributed by atoms with E-state index >= 15 is 0 Å². The molecule has 0 aliphatic rings. The minimum Gasteiger partial charge on any atom is -0.382 e. The minimum absolute atomic E-state index is 0.426. The molecule has 1 rings (SSSR count). The van der Waals surface area contributed by atoms with Gasteiger partial charge in [0.2, 0.25) is 0 Å². The number of aliphatic hydroxyl groups is 1. The molecule has 0 aromatic heterocycles. The van der Waals surface area contributed by atoms with Crippen LogP contribution in [0.15, 0.2) is 30.3 Å². The Balaban J connectivity index is 2.56. The second kappa shape index (κ2) is 5.45. The van der Waals surface area contributed by atoms with Gasteiger partial charge in [0.1, 0.15) is 6.10 Å². The van der Waals surface area contributed by atoms with Crippen molar-refractivity contribution in [1.29, 1.82) is 0 Å². The molecule has 0 bridgehead atoms. The van der Waals surface area contributed by atoms with E-state index in [0.29, 0.717) is 6.42 Å². The van der Waals surface area contributed by atoms with E-state index in [0.717, 1.165) is 5.56 Å². The summed E-state index contributed by atoms with van der Waals surface area (Å²) < 4.78 is 0. The van der Waals surface area contributed by atoms with Crippen LogP contribution < -0.4 is 17.0 Å². The van der Waals surface area contributed by atoms with Crippen LogP contribution in [0.1, 0.15) is 5.56 Å². The second-order valence-corrected chi connectivity index (χ2v) is 3.31. The Kier molecular flexibility index (Phi) is 4.23. The fourth-order valence-electron chi connectivity index (χ4n) is 1.28. The van der Waals surface area contributed by atoms with E-state index in [1.807, 2.05) is 35.8 Å². The first-order valence-electron chi connectivity index (χ1n) is 4.63. The fourth-order valence-corrected chi connectivity index (χ4v) is 1.28. The standard InChI is InChI=1S/C10H15N3O2/c11-8(9(14)10(15)13-12)6-7-4-2-1-3-5-7/h1-5,8-9,14H,6,11-12H2,(H,13,15). The molecule has 0 heterocycles. The van der Waals surface area contributed by atoms with E-state index in [9.17, 15) is 9.90 Å². The van der Waals surface area contributed by atoms with Crippen LogP contribution >= 0.6 is 0 Å². The van der Waals surface area contributed by atoms with Gasteiger partial charge in [-0.3, -0.25) is 10.2 Å². The van der Waals surface area contributed by atoms with Gasteiger partial charge in [0, 0.05) is 6.04 Å². The van der Waals surface area contributed by atoms with Gasteiger partial charge in [0.05, 0.1) is 0 Å². The number of carbonyl (C=O) groups is 1. The normalized spacial score (nSPS) is 14.3. The smallest absolute Gasteiger partial charge is 0.264 e. The summed E-state index contributed by atoms with van der Waals surface area (Å²) in [6.07, 6.45) is -0.856. The molecule has 0 radical (unpaired) electrons. The molecular weight excluding hydrogens is 194 g/mol. The van der Waals surface area contributed by atoms with Gasteiger partial charge in [-0.05, 0) is 12.0 Å². The van der Waals surface area contributed by atoms with E-state index in [4.69, 9.17) is 11.6 Å². The lowest BCUT2D eigenvalue weighted by Gasteiger charge is -2.16. The van der Waals surface area contributed by atoms with E-state index in [-0.39, 0.29) is 0 Å². The molecule has 82 valence electrons. The summed E-state index contributed by atoms with van der Waals surface area (Å²) in [5.74, 6) is 4.22. The molecule has 5 nitrogen and oxygen atoms in total. The largest absolute Gasteiger partial charge is 0.382 e. The van der Waals surface area contributed by atoms with E-state index in [1.165, 1.54) is 0 Å². The Hall–Kier alpha value is -1.43. The monoisotopic (exact) mass is 209 g/mol. The van der Waals surface area contributed by atoms with E-state index in [2.05, 4.69) is 0 Å². The molecule has 1 aromatic rings. The third-order valence-corrected chi connectivity index (χ3v) is 2.13. The highest BCUT2D eigenvalue weighted by molar-refractivity contribution is 5.80. The van der Waals surface area contributed by atoms with E-state index < -0.39 is 18.1 Å². The number of nitrogens with two attached hydrogens (primary N) is 2.